The van der Waals surface area contributed by atoms with Crippen LogP contribution < -0.4 is 0 Å². The Hall–Kier alpha value is -3.48. The summed E-state index contributed by atoms with van der Waals surface area (Å²) in [5.74, 6) is -0.0787. The van der Waals surface area contributed by atoms with Crippen molar-refractivity contribution >= 4 is 28.8 Å². The molecule has 140 valence electrons. The highest BCUT2D eigenvalue weighted by Crippen LogP contribution is 2.33. The molecular weight excluding hydrogens is 356 g/mol. The van der Waals surface area contributed by atoms with Gasteiger partial charge in [-0.25, -0.2) is 4.98 Å². The fourth-order valence-corrected chi connectivity index (χ4v) is 4.08. The monoisotopic (exact) mass is 374 g/mol. The molecule has 3 amide bonds. The lowest BCUT2D eigenvalue weighted by molar-refractivity contribution is 0.0691. The number of nitrogens with zero attached hydrogens (tertiary/aromatic N) is 3. The molecule has 2 aliphatic heterocycles. The van der Waals surface area contributed by atoms with Crippen LogP contribution in [0.1, 0.15) is 55.8 Å². The Labute approximate surface area is 161 Å². The molecule has 7 nitrogen and oxygen atoms in total. The highest BCUT2D eigenvalue weighted by Gasteiger charge is 2.36. The molecule has 3 heterocycles. The maximum Gasteiger partial charge on any atom is 0.261 e. The van der Waals surface area contributed by atoms with Crippen LogP contribution in [0.4, 0.5) is 0 Å². The van der Waals surface area contributed by atoms with Crippen molar-refractivity contribution in [3.63, 3.8) is 0 Å². The minimum Gasteiger partial charge on any atom is -0.340 e. The second-order valence-electron chi connectivity index (χ2n) is 7.23. The van der Waals surface area contributed by atoms with Gasteiger partial charge in [0.1, 0.15) is 5.82 Å². The van der Waals surface area contributed by atoms with Crippen molar-refractivity contribution in [2.45, 2.75) is 18.9 Å². The summed E-state index contributed by atoms with van der Waals surface area (Å²) >= 11 is 0. The molecule has 2 aromatic carbocycles. The van der Waals surface area contributed by atoms with Crippen LogP contribution in [0, 0.1) is 0 Å². The lowest BCUT2D eigenvalue weighted by atomic mass is 10.0. The lowest BCUT2D eigenvalue weighted by Gasteiger charge is -2.23. The highest BCUT2D eigenvalue weighted by atomic mass is 16.2. The molecule has 1 saturated heterocycles. The van der Waals surface area contributed by atoms with E-state index >= 15 is 0 Å². The van der Waals surface area contributed by atoms with Crippen LogP contribution in [0.5, 0.6) is 0 Å². The van der Waals surface area contributed by atoms with E-state index in [9.17, 15) is 14.4 Å². The van der Waals surface area contributed by atoms with E-state index in [1.807, 2.05) is 24.3 Å². The van der Waals surface area contributed by atoms with Gasteiger partial charge in [-0.05, 0) is 43.2 Å². The normalized spacial score (nSPS) is 19.0. The first-order chi connectivity index (χ1) is 13.5. The quantitative estimate of drug-likeness (QED) is 0.699. The van der Waals surface area contributed by atoms with Crippen LogP contribution in [0.3, 0.4) is 0 Å². The SMILES string of the molecule is CN1C(=O)c2ccc(C(=O)N3CCCC3c3nc4ccccc4[nH]3)cc2C1=O. The fraction of sp³-hybridized carbons (Fsp3) is 0.238. The molecule has 0 bridgehead atoms. The first-order valence-corrected chi connectivity index (χ1v) is 9.26. The number of rotatable bonds is 2. The van der Waals surface area contributed by atoms with Gasteiger partial charge in [0.25, 0.3) is 17.7 Å². The van der Waals surface area contributed by atoms with Crippen LogP contribution in [0.15, 0.2) is 42.5 Å². The van der Waals surface area contributed by atoms with E-state index in [0.29, 0.717) is 17.7 Å². The topological polar surface area (TPSA) is 86.4 Å². The van der Waals surface area contributed by atoms with Crippen molar-refractivity contribution in [1.29, 1.82) is 0 Å². The molecule has 2 aliphatic rings. The fourth-order valence-electron chi connectivity index (χ4n) is 4.08. The Morgan fingerprint density at radius 2 is 1.89 bits per heavy atom. The van der Waals surface area contributed by atoms with Crippen LogP contribution in [-0.2, 0) is 0 Å². The van der Waals surface area contributed by atoms with Gasteiger partial charge in [-0.3, -0.25) is 19.3 Å². The third-order valence-corrected chi connectivity index (χ3v) is 5.57. The largest absolute Gasteiger partial charge is 0.340 e. The summed E-state index contributed by atoms with van der Waals surface area (Å²) in [5.41, 5.74) is 2.87. The Bertz CT molecular complexity index is 1120. The molecule has 0 saturated carbocycles. The van der Waals surface area contributed by atoms with Gasteiger partial charge in [-0.2, -0.15) is 0 Å². The first kappa shape index (κ1) is 16.7. The molecule has 0 spiro atoms. The molecule has 7 heteroatoms. The van der Waals surface area contributed by atoms with Gasteiger partial charge in [0.05, 0.1) is 28.2 Å². The van der Waals surface area contributed by atoms with Gasteiger partial charge in [-0.15, -0.1) is 0 Å². The number of benzene rings is 2. The van der Waals surface area contributed by atoms with Gasteiger partial charge >= 0.3 is 0 Å². The number of imide groups is 1. The third-order valence-electron chi connectivity index (χ3n) is 5.57. The molecule has 3 aromatic rings. The number of aromatic nitrogens is 2. The molecule has 5 rings (SSSR count). The van der Waals surface area contributed by atoms with Crippen molar-refractivity contribution < 1.29 is 14.4 Å². The summed E-state index contributed by atoms with van der Waals surface area (Å²) in [4.78, 5) is 48.4. The molecule has 1 N–H and O–H groups in total. The summed E-state index contributed by atoms with van der Waals surface area (Å²) in [7, 11) is 1.45. The van der Waals surface area contributed by atoms with E-state index < -0.39 is 0 Å². The summed E-state index contributed by atoms with van der Waals surface area (Å²) in [6, 6.07) is 12.4. The van der Waals surface area contributed by atoms with Gasteiger partial charge in [0, 0.05) is 19.2 Å². The molecule has 28 heavy (non-hydrogen) atoms. The lowest BCUT2D eigenvalue weighted by Crippen LogP contribution is -2.31. The number of aromatic amines is 1. The Morgan fingerprint density at radius 3 is 2.71 bits per heavy atom. The number of imidazole rings is 1. The molecule has 1 fully saturated rings. The summed E-state index contributed by atoms with van der Waals surface area (Å²) in [6.45, 7) is 0.629. The number of nitrogens with one attached hydrogen (secondary N) is 1. The van der Waals surface area contributed by atoms with Gasteiger partial charge < -0.3 is 9.88 Å². The van der Waals surface area contributed by atoms with Crippen LogP contribution in [0.25, 0.3) is 11.0 Å². The second kappa shape index (κ2) is 6.02. The van der Waals surface area contributed by atoms with Crippen molar-refractivity contribution in [3.05, 3.63) is 65.0 Å². The first-order valence-electron chi connectivity index (χ1n) is 9.26. The molecule has 0 aliphatic carbocycles. The smallest absolute Gasteiger partial charge is 0.261 e. The number of fused-ring (bicyclic) bond motifs is 2. The summed E-state index contributed by atoms with van der Waals surface area (Å²) in [6.07, 6.45) is 1.72. The van der Waals surface area contributed by atoms with Crippen molar-refractivity contribution in [1.82, 2.24) is 19.8 Å². The number of para-hydroxylation sites is 2. The molecule has 1 atom stereocenters. The molecule has 1 unspecified atom stereocenters. The average molecular weight is 374 g/mol. The van der Waals surface area contributed by atoms with E-state index in [-0.39, 0.29) is 29.3 Å². The zero-order valence-electron chi connectivity index (χ0n) is 15.3. The standard InChI is InChI=1S/C21H18N4O3/c1-24-20(27)13-9-8-12(11-14(13)21(24)28)19(26)25-10-4-7-17(25)18-22-15-5-2-3-6-16(15)23-18/h2-3,5-6,8-9,11,17H,4,7,10H2,1H3,(H,22,23). The second-order valence-corrected chi connectivity index (χ2v) is 7.23. The third kappa shape index (κ3) is 2.36. The van der Waals surface area contributed by atoms with E-state index in [1.54, 1.807) is 17.0 Å². The predicted molar refractivity (Wildman–Crippen MR) is 102 cm³/mol. The van der Waals surface area contributed by atoms with E-state index in [2.05, 4.69) is 9.97 Å². The van der Waals surface area contributed by atoms with Gasteiger partial charge in [0.15, 0.2) is 0 Å². The van der Waals surface area contributed by atoms with E-state index in [1.165, 1.54) is 13.1 Å². The minimum atomic E-state index is -0.370. The number of H-pyrrole nitrogens is 1. The van der Waals surface area contributed by atoms with Crippen molar-refractivity contribution in [2.24, 2.45) is 0 Å². The Morgan fingerprint density at radius 1 is 1.11 bits per heavy atom. The van der Waals surface area contributed by atoms with Crippen molar-refractivity contribution in [2.75, 3.05) is 13.6 Å². The number of carbonyl (C=O) groups excluding carboxylic acids is 3. The maximum absolute atomic E-state index is 13.2. The zero-order chi connectivity index (χ0) is 19.4. The Kier molecular flexibility index (Phi) is 3.58. The van der Waals surface area contributed by atoms with Gasteiger partial charge in [0.2, 0.25) is 0 Å². The highest BCUT2D eigenvalue weighted by molar-refractivity contribution is 6.21. The van der Waals surface area contributed by atoms with Crippen molar-refractivity contribution in [3.8, 4) is 0 Å². The van der Waals surface area contributed by atoms with Crippen LogP contribution in [0.2, 0.25) is 0 Å². The average Bonchev–Trinajstić information content (AvgIpc) is 3.41. The predicted octanol–water partition coefficient (Wildman–Crippen LogP) is 2.77. The molecule has 1 aromatic heterocycles. The van der Waals surface area contributed by atoms with Crippen LogP contribution >= 0.6 is 0 Å². The maximum atomic E-state index is 13.2. The molecule has 0 radical (unpaired) electrons. The number of likely N-dealkylation sites (tertiary alicyclic amines) is 1. The Balaban J connectivity index is 1.48. The van der Waals surface area contributed by atoms with Crippen LogP contribution in [-0.4, -0.2) is 51.1 Å². The number of amides is 3. The molecular formula is C21H18N4O3. The zero-order valence-corrected chi connectivity index (χ0v) is 15.3. The summed E-state index contributed by atoms with van der Waals surface area (Å²) < 4.78 is 0. The summed E-state index contributed by atoms with van der Waals surface area (Å²) in [5, 5.41) is 0. The van der Waals surface area contributed by atoms with E-state index in [4.69, 9.17) is 0 Å². The number of hydrogen-bond acceptors (Lipinski definition) is 4. The number of hydrogen-bond donors (Lipinski definition) is 1. The minimum absolute atomic E-state index is 0.131. The van der Waals surface area contributed by atoms with E-state index in [0.717, 1.165) is 34.6 Å². The van der Waals surface area contributed by atoms with Gasteiger partial charge in [-0.1, -0.05) is 12.1 Å². The number of carbonyl (C=O) groups is 3.